The van der Waals surface area contributed by atoms with E-state index in [-0.39, 0.29) is 12.1 Å². The Hall–Kier alpha value is -1.23. The van der Waals surface area contributed by atoms with Crippen LogP contribution < -0.4 is 5.32 Å². The molecule has 2 rings (SSSR count). The summed E-state index contributed by atoms with van der Waals surface area (Å²) in [7, 11) is 0. The van der Waals surface area contributed by atoms with Crippen molar-refractivity contribution in [3.8, 4) is 0 Å². The summed E-state index contributed by atoms with van der Waals surface area (Å²) in [6.07, 6.45) is 0.949. The Morgan fingerprint density at radius 1 is 1.21 bits per heavy atom. The zero-order chi connectivity index (χ0) is 17.7. The Morgan fingerprint density at radius 2 is 1.96 bits per heavy atom. The zero-order valence-electron chi connectivity index (χ0n) is 14.1. The maximum atomic E-state index is 12.8. The molecule has 0 radical (unpaired) electrons. The number of hydrogen-bond acceptors (Lipinski definition) is 2. The molecule has 3 nitrogen and oxygen atoms in total. The summed E-state index contributed by atoms with van der Waals surface area (Å²) in [5.74, 6) is 0.529. The first-order valence-corrected chi connectivity index (χ1v) is 9.58. The molecule has 0 saturated heterocycles. The van der Waals surface area contributed by atoms with Crippen LogP contribution >= 0.6 is 34.5 Å². The van der Waals surface area contributed by atoms with Crippen LogP contribution in [0.1, 0.15) is 38.1 Å². The third kappa shape index (κ3) is 5.13. The normalized spacial score (nSPS) is 12.2. The van der Waals surface area contributed by atoms with Crippen LogP contribution in [0.25, 0.3) is 0 Å². The Bertz CT molecular complexity index is 674. The number of carbonyl (C=O) groups is 1. The summed E-state index contributed by atoms with van der Waals surface area (Å²) in [6.45, 7) is 7.07. The van der Waals surface area contributed by atoms with Gasteiger partial charge in [-0.25, -0.2) is 4.79 Å². The molecule has 1 aromatic heterocycles. The third-order valence-electron chi connectivity index (χ3n) is 3.80. The maximum Gasteiger partial charge on any atom is 0.322 e. The number of halogens is 2. The molecule has 0 fully saturated rings. The van der Waals surface area contributed by atoms with Crippen molar-refractivity contribution in [2.75, 3.05) is 11.9 Å². The molecular weight excluding hydrogens is 363 g/mol. The second-order valence-corrected chi connectivity index (χ2v) is 7.92. The highest BCUT2D eigenvalue weighted by molar-refractivity contribution is 7.10. The van der Waals surface area contributed by atoms with Gasteiger partial charge in [-0.1, -0.05) is 43.1 Å². The first-order valence-electron chi connectivity index (χ1n) is 7.94. The smallest absolute Gasteiger partial charge is 0.317 e. The highest BCUT2D eigenvalue weighted by Crippen LogP contribution is 2.28. The van der Waals surface area contributed by atoms with Crippen molar-refractivity contribution in [2.45, 2.75) is 33.2 Å². The van der Waals surface area contributed by atoms with Crippen molar-refractivity contribution in [1.29, 1.82) is 0 Å². The molecule has 1 heterocycles. The van der Waals surface area contributed by atoms with E-state index in [1.165, 1.54) is 4.88 Å². The van der Waals surface area contributed by atoms with Gasteiger partial charge >= 0.3 is 6.03 Å². The molecule has 1 unspecified atom stereocenters. The van der Waals surface area contributed by atoms with E-state index in [1.807, 2.05) is 16.3 Å². The zero-order valence-corrected chi connectivity index (χ0v) is 16.4. The standard InChI is InChI=1S/C18H22Cl2N2OS/c1-12(2)8-9-22(13(3)17-5-4-10-24-17)18(23)21-14-6-7-15(19)16(20)11-14/h4-7,10-13H,8-9H2,1-3H3,(H,21,23). The van der Waals surface area contributed by atoms with Gasteiger partial charge in [-0.15, -0.1) is 11.3 Å². The lowest BCUT2D eigenvalue weighted by molar-refractivity contribution is 0.190. The van der Waals surface area contributed by atoms with Crippen LogP contribution in [0.3, 0.4) is 0 Å². The first-order chi connectivity index (χ1) is 11.4. The summed E-state index contributed by atoms with van der Waals surface area (Å²) >= 11 is 13.6. The molecule has 130 valence electrons. The van der Waals surface area contributed by atoms with E-state index in [2.05, 4.69) is 32.2 Å². The van der Waals surface area contributed by atoms with Crippen molar-refractivity contribution < 1.29 is 4.79 Å². The van der Waals surface area contributed by atoms with Gasteiger partial charge in [-0.05, 0) is 48.9 Å². The molecule has 0 bridgehead atoms. The average Bonchev–Trinajstić information content (AvgIpc) is 3.05. The molecule has 0 aliphatic rings. The molecule has 0 saturated carbocycles. The van der Waals surface area contributed by atoms with Gasteiger partial charge in [-0.2, -0.15) is 0 Å². The van der Waals surface area contributed by atoms with Crippen molar-refractivity contribution in [3.05, 3.63) is 50.6 Å². The Labute approximate surface area is 157 Å². The fourth-order valence-electron chi connectivity index (χ4n) is 2.32. The summed E-state index contributed by atoms with van der Waals surface area (Å²) in [5, 5.41) is 5.85. The Morgan fingerprint density at radius 3 is 2.54 bits per heavy atom. The Balaban J connectivity index is 2.15. The van der Waals surface area contributed by atoms with Gasteiger partial charge in [0.15, 0.2) is 0 Å². The van der Waals surface area contributed by atoms with E-state index < -0.39 is 0 Å². The number of urea groups is 1. The van der Waals surface area contributed by atoms with Crippen LogP contribution in [0.15, 0.2) is 35.7 Å². The summed E-state index contributed by atoms with van der Waals surface area (Å²) in [5.41, 5.74) is 0.641. The number of carbonyl (C=O) groups excluding carboxylic acids is 1. The van der Waals surface area contributed by atoms with E-state index >= 15 is 0 Å². The molecule has 0 aliphatic heterocycles. The highest BCUT2D eigenvalue weighted by atomic mass is 35.5. The van der Waals surface area contributed by atoms with Crippen LogP contribution in [0, 0.1) is 5.92 Å². The quantitative estimate of drug-likeness (QED) is 0.590. The van der Waals surface area contributed by atoms with Gasteiger partial charge < -0.3 is 10.2 Å². The van der Waals surface area contributed by atoms with Gasteiger partial charge in [0.25, 0.3) is 0 Å². The van der Waals surface area contributed by atoms with E-state index in [0.29, 0.717) is 28.2 Å². The van der Waals surface area contributed by atoms with Gasteiger partial charge in [-0.3, -0.25) is 0 Å². The molecule has 1 atom stereocenters. The molecule has 2 amide bonds. The number of anilines is 1. The van der Waals surface area contributed by atoms with Crippen LogP contribution in [-0.2, 0) is 0 Å². The number of nitrogens with one attached hydrogen (secondary N) is 1. The molecule has 1 aromatic carbocycles. The number of rotatable bonds is 6. The molecular formula is C18H22Cl2N2OS. The molecule has 0 spiro atoms. The summed E-state index contributed by atoms with van der Waals surface area (Å²) in [6, 6.07) is 9.06. The maximum absolute atomic E-state index is 12.8. The fraction of sp³-hybridized carbons (Fsp3) is 0.389. The number of hydrogen-bond donors (Lipinski definition) is 1. The first kappa shape index (κ1) is 19.1. The van der Waals surface area contributed by atoms with Gasteiger partial charge in [0.2, 0.25) is 0 Å². The predicted octanol–water partition coefficient (Wildman–Crippen LogP) is 6.70. The minimum atomic E-state index is -0.130. The largest absolute Gasteiger partial charge is 0.322 e. The van der Waals surface area contributed by atoms with Crippen molar-refractivity contribution >= 4 is 46.3 Å². The van der Waals surface area contributed by atoms with Gasteiger partial charge in [0.1, 0.15) is 0 Å². The van der Waals surface area contributed by atoms with Crippen molar-refractivity contribution in [1.82, 2.24) is 4.90 Å². The lowest BCUT2D eigenvalue weighted by Gasteiger charge is -2.29. The Kier molecular flexibility index (Phi) is 6.96. The number of benzene rings is 1. The summed E-state index contributed by atoms with van der Waals surface area (Å²) < 4.78 is 0. The topological polar surface area (TPSA) is 32.3 Å². The van der Waals surface area contributed by atoms with Crippen molar-refractivity contribution in [3.63, 3.8) is 0 Å². The molecule has 1 N–H and O–H groups in total. The van der Waals surface area contributed by atoms with Crippen LogP contribution in [-0.4, -0.2) is 17.5 Å². The van der Waals surface area contributed by atoms with E-state index in [0.717, 1.165) is 6.42 Å². The fourth-order valence-corrected chi connectivity index (χ4v) is 3.41. The molecule has 6 heteroatoms. The van der Waals surface area contributed by atoms with Crippen LogP contribution in [0.2, 0.25) is 10.0 Å². The molecule has 2 aromatic rings. The van der Waals surface area contributed by atoms with E-state index in [9.17, 15) is 4.79 Å². The number of amides is 2. The third-order valence-corrected chi connectivity index (χ3v) is 5.58. The van der Waals surface area contributed by atoms with Crippen LogP contribution in [0.5, 0.6) is 0 Å². The highest BCUT2D eigenvalue weighted by Gasteiger charge is 2.22. The van der Waals surface area contributed by atoms with Crippen molar-refractivity contribution in [2.24, 2.45) is 5.92 Å². The lowest BCUT2D eigenvalue weighted by Crippen LogP contribution is -2.38. The minimum absolute atomic E-state index is 0.0199. The monoisotopic (exact) mass is 384 g/mol. The predicted molar refractivity (Wildman–Crippen MR) is 104 cm³/mol. The average molecular weight is 385 g/mol. The van der Waals surface area contributed by atoms with Gasteiger partial charge in [0.05, 0.1) is 16.1 Å². The lowest BCUT2D eigenvalue weighted by atomic mass is 10.1. The number of nitrogens with zero attached hydrogens (tertiary/aromatic N) is 1. The summed E-state index contributed by atoms with van der Waals surface area (Å²) in [4.78, 5) is 15.8. The number of thiophene rings is 1. The van der Waals surface area contributed by atoms with E-state index in [4.69, 9.17) is 23.2 Å². The molecule has 24 heavy (non-hydrogen) atoms. The molecule has 0 aliphatic carbocycles. The SMILES string of the molecule is CC(C)CCN(C(=O)Nc1ccc(Cl)c(Cl)c1)C(C)c1cccs1. The van der Waals surface area contributed by atoms with Gasteiger partial charge in [0, 0.05) is 17.1 Å². The second kappa shape index (κ2) is 8.75. The minimum Gasteiger partial charge on any atom is -0.317 e. The van der Waals surface area contributed by atoms with E-state index in [1.54, 1.807) is 29.5 Å². The second-order valence-electron chi connectivity index (χ2n) is 6.13. The van der Waals surface area contributed by atoms with Crippen LogP contribution in [0.4, 0.5) is 10.5 Å².